The molecule has 0 radical (unpaired) electrons. The van der Waals surface area contributed by atoms with Crippen LogP contribution in [0.1, 0.15) is 40.7 Å². The lowest BCUT2D eigenvalue weighted by Gasteiger charge is -2.24. The molecule has 6 rings (SSSR count). The van der Waals surface area contributed by atoms with Crippen molar-refractivity contribution in [3.05, 3.63) is 111 Å². The van der Waals surface area contributed by atoms with Gasteiger partial charge in [0.1, 0.15) is 5.65 Å². The highest BCUT2D eigenvalue weighted by atomic mass is 16.1. The quantitative estimate of drug-likeness (QED) is 0.261. The van der Waals surface area contributed by atoms with Crippen LogP contribution in [-0.4, -0.2) is 43.9 Å². The number of nitrogens with one attached hydrogen (secondary N) is 3. The zero-order valence-corrected chi connectivity index (χ0v) is 23.7. The molecule has 1 fully saturated rings. The highest BCUT2D eigenvalue weighted by Crippen LogP contribution is 2.21. The van der Waals surface area contributed by atoms with Crippen LogP contribution in [0.3, 0.4) is 0 Å². The van der Waals surface area contributed by atoms with Crippen LogP contribution in [0.25, 0.3) is 11.0 Å². The van der Waals surface area contributed by atoms with Gasteiger partial charge in [0.05, 0.1) is 24.5 Å². The summed E-state index contributed by atoms with van der Waals surface area (Å²) in [7, 11) is 0. The molecule has 0 unspecified atom stereocenters. The Hall–Kier alpha value is -5.07. The second kappa shape index (κ2) is 12.2. The number of nitrogens with zero attached hydrogens (tertiary/aromatic N) is 5. The summed E-state index contributed by atoms with van der Waals surface area (Å²) in [4.78, 5) is 23.1. The van der Waals surface area contributed by atoms with Gasteiger partial charge < -0.3 is 16.0 Å². The van der Waals surface area contributed by atoms with Gasteiger partial charge in [0.2, 0.25) is 5.95 Å². The number of pyridine rings is 1. The average Bonchev–Trinajstić information content (AvgIpc) is 3.01. The number of aromatic nitrogens is 5. The number of hydrogen-bond donors (Lipinski definition) is 3. The van der Waals surface area contributed by atoms with Gasteiger partial charge in [-0.3, -0.25) is 9.36 Å². The van der Waals surface area contributed by atoms with E-state index in [9.17, 15) is 4.79 Å². The standard InChI is InChI=1S/C33H32N8O/c1-22-3-5-24(6-4-22)7-8-25-17-26-19-35-33(39-29-11-9-28(10-12-29)38-30-13-15-34-16-14-30)40-31(26)41(32(25)42)21-27-20-37-36-18-23(27)2/h3-6,9-12,17-20,30,34,38H,13-16,21H2,1-2H3,(H,35,39,40). The predicted octanol–water partition coefficient (Wildman–Crippen LogP) is 4.55. The molecule has 1 saturated heterocycles. The molecule has 5 aromatic rings. The number of fused-ring (bicyclic) bond motifs is 1. The van der Waals surface area contributed by atoms with Crippen LogP contribution < -0.4 is 21.5 Å². The van der Waals surface area contributed by atoms with Crippen molar-refractivity contribution in [3.8, 4) is 11.8 Å². The van der Waals surface area contributed by atoms with Crippen LogP contribution in [0.15, 0.2) is 78.0 Å². The van der Waals surface area contributed by atoms with E-state index in [2.05, 4.69) is 55.1 Å². The van der Waals surface area contributed by atoms with E-state index in [4.69, 9.17) is 4.98 Å². The molecular weight excluding hydrogens is 524 g/mol. The Morgan fingerprint density at radius 2 is 1.67 bits per heavy atom. The van der Waals surface area contributed by atoms with Crippen LogP contribution in [0.5, 0.6) is 0 Å². The lowest BCUT2D eigenvalue weighted by molar-refractivity contribution is 0.479. The maximum atomic E-state index is 13.8. The van der Waals surface area contributed by atoms with Crippen molar-refractivity contribution in [1.29, 1.82) is 0 Å². The van der Waals surface area contributed by atoms with Crippen molar-refractivity contribution in [3.63, 3.8) is 0 Å². The van der Waals surface area contributed by atoms with Crippen LogP contribution in [0, 0.1) is 25.7 Å². The van der Waals surface area contributed by atoms with Crippen molar-refractivity contribution < 1.29 is 0 Å². The van der Waals surface area contributed by atoms with Crippen LogP contribution in [0.2, 0.25) is 0 Å². The first-order valence-corrected chi connectivity index (χ1v) is 14.1. The normalized spacial score (nSPS) is 13.4. The van der Waals surface area contributed by atoms with E-state index >= 15 is 0 Å². The van der Waals surface area contributed by atoms with E-state index < -0.39 is 0 Å². The minimum Gasteiger partial charge on any atom is -0.382 e. The zero-order chi connectivity index (χ0) is 28.9. The molecule has 42 heavy (non-hydrogen) atoms. The molecule has 3 aromatic heterocycles. The maximum Gasteiger partial charge on any atom is 0.268 e. The van der Waals surface area contributed by atoms with Gasteiger partial charge in [-0.25, -0.2) is 4.98 Å². The van der Waals surface area contributed by atoms with Crippen LogP contribution >= 0.6 is 0 Å². The van der Waals surface area contributed by atoms with Crippen molar-refractivity contribution in [2.24, 2.45) is 0 Å². The van der Waals surface area contributed by atoms with E-state index in [1.807, 2.05) is 50.2 Å². The summed E-state index contributed by atoms with van der Waals surface area (Å²) in [5.74, 6) is 6.60. The fourth-order valence-corrected chi connectivity index (χ4v) is 4.96. The Bertz CT molecular complexity index is 1830. The highest BCUT2D eigenvalue weighted by molar-refractivity contribution is 5.78. The molecule has 0 aliphatic carbocycles. The number of hydrogen-bond acceptors (Lipinski definition) is 8. The van der Waals surface area contributed by atoms with E-state index in [0.717, 1.165) is 64.9 Å². The summed E-state index contributed by atoms with van der Waals surface area (Å²) in [5, 5.41) is 19.0. The Morgan fingerprint density at radius 3 is 2.43 bits per heavy atom. The van der Waals surface area contributed by atoms with Gasteiger partial charge in [-0.05, 0) is 93.4 Å². The molecule has 0 amide bonds. The van der Waals surface area contributed by atoms with E-state index in [-0.39, 0.29) is 12.1 Å². The summed E-state index contributed by atoms with van der Waals surface area (Å²) in [6.07, 6.45) is 7.32. The lowest BCUT2D eigenvalue weighted by Crippen LogP contribution is -2.35. The fourth-order valence-electron chi connectivity index (χ4n) is 4.96. The summed E-state index contributed by atoms with van der Waals surface area (Å²) >= 11 is 0. The first-order valence-electron chi connectivity index (χ1n) is 14.1. The van der Waals surface area contributed by atoms with E-state index in [0.29, 0.717) is 23.2 Å². The first-order chi connectivity index (χ1) is 20.5. The SMILES string of the molecule is Cc1ccc(C#Cc2cc3cnc(Nc4ccc(NC5CCNCC5)cc4)nc3n(Cc3cnncc3C)c2=O)cc1. The molecule has 0 saturated carbocycles. The maximum absolute atomic E-state index is 13.8. The number of benzene rings is 2. The number of aryl methyl sites for hydroxylation is 2. The summed E-state index contributed by atoms with van der Waals surface area (Å²) in [5.41, 5.74) is 6.41. The molecule has 1 aliphatic rings. The monoisotopic (exact) mass is 556 g/mol. The number of piperidine rings is 1. The third-order valence-electron chi connectivity index (χ3n) is 7.44. The van der Waals surface area contributed by atoms with Gasteiger partial charge in [0, 0.05) is 34.6 Å². The van der Waals surface area contributed by atoms with E-state index in [1.54, 1.807) is 29.2 Å². The minimum absolute atomic E-state index is 0.226. The molecule has 0 atom stereocenters. The Balaban J connectivity index is 1.32. The summed E-state index contributed by atoms with van der Waals surface area (Å²) in [6.45, 7) is 6.34. The molecule has 2 aromatic carbocycles. The lowest BCUT2D eigenvalue weighted by atomic mass is 10.1. The fraction of sp³-hybridized carbons (Fsp3) is 0.242. The third kappa shape index (κ3) is 6.29. The Labute approximate surface area is 244 Å². The molecule has 0 bridgehead atoms. The highest BCUT2D eigenvalue weighted by Gasteiger charge is 2.14. The third-order valence-corrected chi connectivity index (χ3v) is 7.44. The van der Waals surface area contributed by atoms with Crippen LogP contribution in [-0.2, 0) is 6.54 Å². The number of rotatable bonds is 6. The molecular formula is C33H32N8O. The summed E-state index contributed by atoms with van der Waals surface area (Å²) in [6, 6.07) is 18.3. The van der Waals surface area contributed by atoms with Gasteiger partial charge in [-0.15, -0.1) is 0 Å². The van der Waals surface area contributed by atoms with Crippen molar-refractivity contribution in [2.75, 3.05) is 23.7 Å². The smallest absolute Gasteiger partial charge is 0.268 e. The molecule has 210 valence electrons. The van der Waals surface area contributed by atoms with Crippen molar-refractivity contribution >= 4 is 28.4 Å². The molecule has 3 N–H and O–H groups in total. The van der Waals surface area contributed by atoms with E-state index in [1.165, 1.54) is 0 Å². The molecule has 4 heterocycles. The van der Waals surface area contributed by atoms with Gasteiger partial charge in [0.15, 0.2) is 0 Å². The van der Waals surface area contributed by atoms with Gasteiger partial charge >= 0.3 is 0 Å². The van der Waals surface area contributed by atoms with Crippen molar-refractivity contribution in [1.82, 2.24) is 30.0 Å². The topological polar surface area (TPSA) is 110 Å². The summed E-state index contributed by atoms with van der Waals surface area (Å²) < 4.78 is 1.64. The van der Waals surface area contributed by atoms with Crippen molar-refractivity contribution in [2.45, 2.75) is 39.3 Å². The predicted molar refractivity (Wildman–Crippen MR) is 166 cm³/mol. The Kier molecular flexibility index (Phi) is 7.88. The van der Waals surface area contributed by atoms with Gasteiger partial charge in [-0.2, -0.15) is 15.2 Å². The number of anilines is 3. The second-order valence-electron chi connectivity index (χ2n) is 10.6. The molecule has 9 nitrogen and oxygen atoms in total. The molecule has 1 aliphatic heterocycles. The molecule has 9 heteroatoms. The molecule has 0 spiro atoms. The minimum atomic E-state index is -0.226. The Morgan fingerprint density at radius 1 is 0.929 bits per heavy atom. The van der Waals surface area contributed by atoms with Gasteiger partial charge in [-0.1, -0.05) is 29.5 Å². The van der Waals surface area contributed by atoms with Gasteiger partial charge in [0.25, 0.3) is 5.56 Å². The first kappa shape index (κ1) is 27.1. The second-order valence-corrected chi connectivity index (χ2v) is 10.6. The zero-order valence-electron chi connectivity index (χ0n) is 23.7. The largest absolute Gasteiger partial charge is 0.382 e. The van der Waals surface area contributed by atoms with Crippen LogP contribution in [0.4, 0.5) is 17.3 Å². The average molecular weight is 557 g/mol.